The van der Waals surface area contributed by atoms with Crippen LogP contribution in [0.15, 0.2) is 24.3 Å². The molecular weight excluding hydrogens is 314 g/mol. The molecule has 2 rings (SSSR count). The topological polar surface area (TPSA) is 70.2 Å². The predicted molar refractivity (Wildman–Crippen MR) is 102 cm³/mol. The van der Waals surface area contributed by atoms with Gasteiger partial charge in [-0.15, -0.1) is 0 Å². The Hall–Kier alpha value is -1.88. The molecule has 5 nitrogen and oxygen atoms in total. The first-order chi connectivity index (χ1) is 11.7. The van der Waals surface area contributed by atoms with Crippen LogP contribution in [0.1, 0.15) is 57.3 Å². The van der Waals surface area contributed by atoms with Crippen molar-refractivity contribution in [3.8, 4) is 0 Å². The van der Waals surface area contributed by atoms with E-state index in [9.17, 15) is 9.59 Å². The van der Waals surface area contributed by atoms with Crippen LogP contribution in [0.4, 0.5) is 5.69 Å². The number of anilines is 1. The highest BCUT2D eigenvalue weighted by Gasteiger charge is 2.22. The summed E-state index contributed by atoms with van der Waals surface area (Å²) < 4.78 is 0. The normalized spacial score (nSPS) is 19.1. The van der Waals surface area contributed by atoms with Gasteiger partial charge >= 0.3 is 0 Å². The summed E-state index contributed by atoms with van der Waals surface area (Å²) in [6, 6.07) is 7.04. The molecule has 0 spiro atoms. The van der Waals surface area contributed by atoms with Crippen LogP contribution >= 0.6 is 0 Å². The lowest BCUT2D eigenvalue weighted by Gasteiger charge is -2.28. The Kier molecular flexibility index (Phi) is 6.59. The van der Waals surface area contributed by atoms with Crippen LogP contribution in [0.25, 0.3) is 0 Å². The predicted octanol–water partition coefficient (Wildman–Crippen LogP) is 3.18. The van der Waals surface area contributed by atoms with E-state index in [1.54, 1.807) is 24.3 Å². The number of nitrogens with one attached hydrogen (secondary N) is 3. The second-order valence-electron chi connectivity index (χ2n) is 8.12. The molecule has 0 saturated carbocycles. The Bertz CT molecular complexity index is 584. The lowest BCUT2D eigenvalue weighted by molar-refractivity contribution is -0.117. The number of rotatable bonds is 5. The van der Waals surface area contributed by atoms with Crippen LogP contribution in [0.2, 0.25) is 0 Å². The van der Waals surface area contributed by atoms with Crippen LogP contribution in [0.3, 0.4) is 0 Å². The van der Waals surface area contributed by atoms with Gasteiger partial charge in [0.05, 0.1) is 0 Å². The van der Waals surface area contributed by atoms with Gasteiger partial charge in [0, 0.05) is 23.2 Å². The summed E-state index contributed by atoms with van der Waals surface area (Å²) in [5, 5.41) is 9.26. The lowest BCUT2D eigenvalue weighted by Crippen LogP contribution is -2.40. The minimum Gasteiger partial charge on any atom is -0.347 e. The second-order valence-corrected chi connectivity index (χ2v) is 8.12. The molecule has 1 saturated heterocycles. The number of hydrogen-bond acceptors (Lipinski definition) is 3. The van der Waals surface area contributed by atoms with Crippen molar-refractivity contribution >= 4 is 17.5 Å². The van der Waals surface area contributed by atoms with Gasteiger partial charge in [-0.2, -0.15) is 0 Å². The fourth-order valence-corrected chi connectivity index (χ4v) is 3.15. The fraction of sp³-hybridized carbons (Fsp3) is 0.600. The summed E-state index contributed by atoms with van der Waals surface area (Å²) in [7, 11) is 0. The zero-order valence-corrected chi connectivity index (χ0v) is 15.8. The molecule has 0 bridgehead atoms. The molecule has 1 fully saturated rings. The molecule has 1 heterocycles. The molecule has 1 aromatic carbocycles. The molecule has 2 unspecified atom stereocenters. The minimum absolute atomic E-state index is 0.0324. The van der Waals surface area contributed by atoms with Crippen LogP contribution in [-0.2, 0) is 4.79 Å². The third-order valence-corrected chi connectivity index (χ3v) is 4.57. The summed E-state index contributed by atoms with van der Waals surface area (Å²) >= 11 is 0. The van der Waals surface area contributed by atoms with Crippen molar-refractivity contribution in [3.05, 3.63) is 29.8 Å². The van der Waals surface area contributed by atoms with Crippen molar-refractivity contribution in [3.63, 3.8) is 0 Å². The van der Waals surface area contributed by atoms with Crippen LogP contribution in [0.5, 0.6) is 0 Å². The van der Waals surface area contributed by atoms with E-state index in [4.69, 9.17) is 0 Å². The zero-order chi connectivity index (χ0) is 18.4. The largest absolute Gasteiger partial charge is 0.347 e. The van der Waals surface area contributed by atoms with Gasteiger partial charge in [0.1, 0.15) is 0 Å². The van der Waals surface area contributed by atoms with Crippen LogP contribution in [-0.4, -0.2) is 30.4 Å². The number of carbonyl (C=O) groups excluding carboxylic acids is 2. The van der Waals surface area contributed by atoms with E-state index in [1.165, 1.54) is 12.8 Å². The average molecular weight is 345 g/mol. The van der Waals surface area contributed by atoms with Crippen LogP contribution < -0.4 is 16.0 Å². The highest BCUT2D eigenvalue weighted by Crippen LogP contribution is 2.23. The molecule has 2 amide bonds. The standard InChI is InChI=1S/C20H31N3O2/c1-14(16-6-5-11-21-13-16)12-18(24)22-17-9-7-15(8-10-17)19(25)23-20(2,3)4/h7-10,14,16,21H,5-6,11-13H2,1-4H3,(H,22,24)(H,23,25). The van der Waals surface area contributed by atoms with Crippen molar-refractivity contribution in [1.82, 2.24) is 10.6 Å². The van der Waals surface area contributed by atoms with Gasteiger partial charge in [0.25, 0.3) is 5.91 Å². The van der Waals surface area contributed by atoms with Gasteiger partial charge in [0.2, 0.25) is 5.91 Å². The van der Waals surface area contributed by atoms with Gasteiger partial charge in [-0.05, 0) is 82.8 Å². The van der Waals surface area contributed by atoms with Crippen molar-refractivity contribution in [1.29, 1.82) is 0 Å². The molecule has 2 atom stereocenters. The van der Waals surface area contributed by atoms with E-state index in [1.807, 2.05) is 20.8 Å². The van der Waals surface area contributed by atoms with E-state index in [-0.39, 0.29) is 17.4 Å². The molecule has 138 valence electrons. The van der Waals surface area contributed by atoms with E-state index < -0.39 is 0 Å². The molecule has 0 aromatic heterocycles. The molecule has 25 heavy (non-hydrogen) atoms. The number of piperidine rings is 1. The average Bonchev–Trinajstić information content (AvgIpc) is 2.54. The molecular formula is C20H31N3O2. The Morgan fingerprint density at radius 3 is 2.48 bits per heavy atom. The third-order valence-electron chi connectivity index (χ3n) is 4.57. The number of hydrogen-bond donors (Lipinski definition) is 3. The smallest absolute Gasteiger partial charge is 0.251 e. The molecule has 1 aliphatic heterocycles. The first-order valence-electron chi connectivity index (χ1n) is 9.18. The summed E-state index contributed by atoms with van der Waals surface area (Å²) in [6.45, 7) is 10.1. The van der Waals surface area contributed by atoms with E-state index in [2.05, 4.69) is 22.9 Å². The summed E-state index contributed by atoms with van der Waals surface area (Å²) in [6.07, 6.45) is 2.91. The number of carbonyl (C=O) groups is 2. The molecule has 0 radical (unpaired) electrons. The van der Waals surface area contributed by atoms with E-state index in [0.29, 0.717) is 23.8 Å². The number of amides is 2. The molecule has 0 aliphatic carbocycles. The van der Waals surface area contributed by atoms with E-state index in [0.717, 1.165) is 18.8 Å². The monoisotopic (exact) mass is 345 g/mol. The van der Waals surface area contributed by atoms with Gasteiger partial charge in [-0.25, -0.2) is 0 Å². The Morgan fingerprint density at radius 2 is 1.92 bits per heavy atom. The van der Waals surface area contributed by atoms with Crippen LogP contribution in [0, 0.1) is 11.8 Å². The molecule has 1 aromatic rings. The zero-order valence-electron chi connectivity index (χ0n) is 15.8. The maximum atomic E-state index is 12.3. The van der Waals surface area contributed by atoms with Gasteiger partial charge < -0.3 is 16.0 Å². The molecule has 1 aliphatic rings. The summed E-state index contributed by atoms with van der Waals surface area (Å²) in [5.74, 6) is 0.862. The Morgan fingerprint density at radius 1 is 1.24 bits per heavy atom. The number of benzene rings is 1. The van der Waals surface area contributed by atoms with Crippen molar-refractivity contribution in [2.45, 2.75) is 52.5 Å². The van der Waals surface area contributed by atoms with E-state index >= 15 is 0 Å². The van der Waals surface area contributed by atoms with Gasteiger partial charge in [0.15, 0.2) is 0 Å². The lowest BCUT2D eigenvalue weighted by atomic mass is 9.85. The molecule has 5 heteroatoms. The fourth-order valence-electron chi connectivity index (χ4n) is 3.15. The Balaban J connectivity index is 1.85. The van der Waals surface area contributed by atoms with Gasteiger partial charge in [-0.1, -0.05) is 6.92 Å². The summed E-state index contributed by atoms with van der Waals surface area (Å²) in [4.78, 5) is 24.4. The maximum absolute atomic E-state index is 12.3. The maximum Gasteiger partial charge on any atom is 0.251 e. The first-order valence-corrected chi connectivity index (χ1v) is 9.18. The first kappa shape index (κ1) is 19.4. The van der Waals surface area contributed by atoms with Crippen molar-refractivity contribution in [2.75, 3.05) is 18.4 Å². The molecule has 3 N–H and O–H groups in total. The highest BCUT2D eigenvalue weighted by atomic mass is 16.2. The third kappa shape index (κ3) is 6.50. The second kappa shape index (κ2) is 8.48. The van der Waals surface area contributed by atoms with Crippen molar-refractivity contribution < 1.29 is 9.59 Å². The van der Waals surface area contributed by atoms with Gasteiger partial charge in [-0.3, -0.25) is 9.59 Å². The summed E-state index contributed by atoms with van der Waals surface area (Å²) in [5.41, 5.74) is 1.05. The minimum atomic E-state index is -0.270. The highest BCUT2D eigenvalue weighted by molar-refractivity contribution is 5.96. The SMILES string of the molecule is CC(CC(=O)Nc1ccc(C(=O)NC(C)(C)C)cc1)C1CCCNC1. The van der Waals surface area contributed by atoms with Crippen molar-refractivity contribution in [2.24, 2.45) is 11.8 Å². The quantitative estimate of drug-likeness (QED) is 0.767. The Labute approximate surface area is 151 Å².